The smallest absolute Gasteiger partial charge is 0.0580 e. The molecule has 0 aromatic heterocycles. The Morgan fingerprint density at radius 1 is 1.07 bits per heavy atom. The highest BCUT2D eigenvalue weighted by molar-refractivity contribution is 5.18. The molecule has 1 N–H and O–H groups in total. The highest BCUT2D eigenvalue weighted by Crippen LogP contribution is 2.38. The molecule has 0 aromatic rings. The van der Waals surface area contributed by atoms with Gasteiger partial charge in [-0.15, -0.1) is 0 Å². The van der Waals surface area contributed by atoms with E-state index in [0.29, 0.717) is 17.8 Å². The maximum absolute atomic E-state index is 11.0. The van der Waals surface area contributed by atoms with Crippen molar-refractivity contribution < 1.29 is 5.11 Å². The van der Waals surface area contributed by atoms with Gasteiger partial charge in [-0.3, -0.25) is 0 Å². The van der Waals surface area contributed by atoms with Gasteiger partial charge in [0.05, 0.1) is 6.10 Å². The van der Waals surface area contributed by atoms with Crippen molar-refractivity contribution in [2.75, 3.05) is 0 Å². The molecule has 1 saturated carbocycles. The second-order valence-electron chi connectivity index (χ2n) is 10.4. The fourth-order valence-corrected chi connectivity index (χ4v) is 5.78. The van der Waals surface area contributed by atoms with Crippen molar-refractivity contribution >= 4 is 0 Å². The third kappa shape index (κ3) is 9.41. The molecule has 0 saturated heterocycles. The van der Waals surface area contributed by atoms with Crippen molar-refractivity contribution in [3.05, 3.63) is 23.3 Å². The Labute approximate surface area is 183 Å². The highest BCUT2D eigenvalue weighted by Gasteiger charge is 2.27. The summed E-state index contributed by atoms with van der Waals surface area (Å²) in [5.41, 5.74) is 3.15. The maximum atomic E-state index is 11.0. The van der Waals surface area contributed by atoms with E-state index < -0.39 is 0 Å². The molecule has 1 nitrogen and oxygen atoms in total. The molecule has 1 rings (SSSR count). The van der Waals surface area contributed by atoms with Gasteiger partial charge in [0.2, 0.25) is 0 Å². The number of allylic oxidation sites excluding steroid dienone is 3. The average molecular weight is 405 g/mol. The van der Waals surface area contributed by atoms with E-state index >= 15 is 0 Å². The molecule has 0 spiro atoms. The van der Waals surface area contributed by atoms with Crippen LogP contribution in [0.5, 0.6) is 0 Å². The Kier molecular flexibility index (Phi) is 13.2. The van der Waals surface area contributed by atoms with Crippen LogP contribution in [-0.2, 0) is 0 Å². The van der Waals surface area contributed by atoms with E-state index in [9.17, 15) is 5.11 Å². The van der Waals surface area contributed by atoms with Crippen LogP contribution in [-0.4, -0.2) is 11.2 Å². The minimum absolute atomic E-state index is 0.162. The fourth-order valence-electron chi connectivity index (χ4n) is 5.78. The minimum Gasteiger partial charge on any atom is -0.393 e. The first-order valence-electron chi connectivity index (χ1n) is 12.8. The van der Waals surface area contributed by atoms with E-state index in [4.69, 9.17) is 0 Å². The number of hydrogen-bond acceptors (Lipinski definition) is 1. The third-order valence-electron chi connectivity index (χ3n) is 7.38. The molecule has 0 radical (unpaired) electrons. The van der Waals surface area contributed by atoms with Gasteiger partial charge in [-0.05, 0) is 75.5 Å². The summed E-state index contributed by atoms with van der Waals surface area (Å²) >= 11 is 0. The van der Waals surface area contributed by atoms with E-state index in [1.54, 1.807) is 5.57 Å². The molecule has 5 atom stereocenters. The minimum atomic E-state index is -0.162. The summed E-state index contributed by atoms with van der Waals surface area (Å²) in [4.78, 5) is 0. The van der Waals surface area contributed by atoms with Crippen molar-refractivity contribution in [2.24, 2.45) is 29.6 Å². The van der Waals surface area contributed by atoms with Gasteiger partial charge in [0.15, 0.2) is 0 Å². The van der Waals surface area contributed by atoms with Crippen LogP contribution in [0.4, 0.5) is 0 Å². The van der Waals surface area contributed by atoms with Crippen molar-refractivity contribution in [1.82, 2.24) is 0 Å². The zero-order valence-electron chi connectivity index (χ0n) is 20.8. The average Bonchev–Trinajstić information content (AvgIpc) is 2.68. The molecule has 29 heavy (non-hydrogen) atoms. The van der Waals surface area contributed by atoms with Crippen LogP contribution in [0, 0.1) is 29.6 Å². The normalized spacial score (nSPS) is 24.6. The Bertz CT molecular complexity index is 487. The molecule has 1 heteroatoms. The maximum Gasteiger partial charge on any atom is 0.0580 e. The second-order valence-corrected chi connectivity index (χ2v) is 10.4. The first-order chi connectivity index (χ1) is 13.8. The van der Waals surface area contributed by atoms with Gasteiger partial charge in [0, 0.05) is 0 Å². The first kappa shape index (κ1) is 26.5. The summed E-state index contributed by atoms with van der Waals surface area (Å²) in [6.45, 7) is 16.2. The van der Waals surface area contributed by atoms with Crippen LogP contribution >= 0.6 is 0 Å². The van der Waals surface area contributed by atoms with E-state index in [1.165, 1.54) is 56.9 Å². The van der Waals surface area contributed by atoms with Crippen LogP contribution in [0.15, 0.2) is 23.3 Å². The zero-order valence-corrected chi connectivity index (χ0v) is 20.8. The SMILES string of the molecule is C/C=C\C[C@@H](C)C(CC(C)C)/C(CCC)=C(\C)CC(O)C[C@H]1CCCCC1CC. The summed E-state index contributed by atoms with van der Waals surface area (Å²) in [7, 11) is 0. The van der Waals surface area contributed by atoms with Crippen LogP contribution in [0.1, 0.15) is 119 Å². The van der Waals surface area contributed by atoms with Gasteiger partial charge in [-0.1, -0.05) is 96.4 Å². The number of hydrogen-bond donors (Lipinski definition) is 1. The molecule has 0 amide bonds. The summed E-state index contributed by atoms with van der Waals surface area (Å²) in [5.74, 6) is 3.62. The Hall–Kier alpha value is -0.560. The van der Waals surface area contributed by atoms with Gasteiger partial charge >= 0.3 is 0 Å². The van der Waals surface area contributed by atoms with Crippen LogP contribution < -0.4 is 0 Å². The van der Waals surface area contributed by atoms with Gasteiger partial charge < -0.3 is 5.11 Å². The van der Waals surface area contributed by atoms with E-state index in [2.05, 4.69) is 60.6 Å². The van der Waals surface area contributed by atoms with E-state index in [1.807, 2.05) is 0 Å². The van der Waals surface area contributed by atoms with Crippen LogP contribution in [0.2, 0.25) is 0 Å². The standard InChI is InChI=1S/C28H52O/c1-8-11-15-22(6)28(18-21(4)5)27(14-9-2)23(7)19-26(29)20-25-17-13-12-16-24(25)10-3/h8,11,21-22,24-26,28-29H,9-10,12-20H2,1-7H3/b11-8-,27-23+/t22-,24?,25-,26?,28?/m1/s1. The number of aliphatic hydroxyl groups is 1. The Morgan fingerprint density at radius 3 is 2.28 bits per heavy atom. The lowest BCUT2D eigenvalue weighted by molar-refractivity contribution is 0.103. The third-order valence-corrected chi connectivity index (χ3v) is 7.38. The molecule has 0 aromatic carbocycles. The number of rotatable bonds is 13. The predicted molar refractivity (Wildman–Crippen MR) is 130 cm³/mol. The van der Waals surface area contributed by atoms with Gasteiger partial charge in [-0.25, -0.2) is 0 Å². The van der Waals surface area contributed by atoms with Crippen molar-refractivity contribution in [3.63, 3.8) is 0 Å². The molecule has 170 valence electrons. The molecule has 1 aliphatic carbocycles. The van der Waals surface area contributed by atoms with Crippen molar-refractivity contribution in [1.29, 1.82) is 0 Å². The molecular formula is C28H52O. The predicted octanol–water partition coefficient (Wildman–Crippen LogP) is 8.73. The molecule has 1 fully saturated rings. The van der Waals surface area contributed by atoms with Gasteiger partial charge in [-0.2, -0.15) is 0 Å². The molecule has 0 heterocycles. The summed E-state index contributed by atoms with van der Waals surface area (Å²) in [6, 6.07) is 0. The van der Waals surface area contributed by atoms with Crippen molar-refractivity contribution in [3.8, 4) is 0 Å². The van der Waals surface area contributed by atoms with Crippen molar-refractivity contribution in [2.45, 2.75) is 125 Å². The molecular weight excluding hydrogens is 352 g/mol. The Morgan fingerprint density at radius 2 is 1.72 bits per heavy atom. The molecule has 3 unspecified atom stereocenters. The largest absolute Gasteiger partial charge is 0.393 e. The fraction of sp³-hybridized carbons (Fsp3) is 0.857. The second kappa shape index (κ2) is 14.4. The molecule has 1 aliphatic rings. The van der Waals surface area contributed by atoms with E-state index in [-0.39, 0.29) is 6.10 Å². The zero-order chi connectivity index (χ0) is 21.8. The lowest BCUT2D eigenvalue weighted by atomic mass is 9.73. The summed E-state index contributed by atoms with van der Waals surface area (Å²) in [6.07, 6.45) is 17.8. The topological polar surface area (TPSA) is 20.2 Å². The highest BCUT2D eigenvalue weighted by atomic mass is 16.3. The Balaban J connectivity index is 2.93. The molecule has 0 aliphatic heterocycles. The van der Waals surface area contributed by atoms with Crippen LogP contribution in [0.3, 0.4) is 0 Å². The quantitative estimate of drug-likeness (QED) is 0.304. The lowest BCUT2D eigenvalue weighted by Gasteiger charge is -2.33. The monoisotopic (exact) mass is 404 g/mol. The molecule has 0 bridgehead atoms. The van der Waals surface area contributed by atoms with Gasteiger partial charge in [0.1, 0.15) is 0 Å². The van der Waals surface area contributed by atoms with Crippen LogP contribution in [0.25, 0.3) is 0 Å². The lowest BCUT2D eigenvalue weighted by Crippen LogP contribution is -2.24. The van der Waals surface area contributed by atoms with E-state index in [0.717, 1.165) is 31.1 Å². The first-order valence-corrected chi connectivity index (χ1v) is 12.8. The summed E-state index contributed by atoms with van der Waals surface area (Å²) < 4.78 is 0. The van der Waals surface area contributed by atoms with Gasteiger partial charge in [0.25, 0.3) is 0 Å². The number of aliphatic hydroxyl groups excluding tert-OH is 1. The summed E-state index contributed by atoms with van der Waals surface area (Å²) in [5, 5.41) is 11.0.